The van der Waals surface area contributed by atoms with Crippen LogP contribution in [0.3, 0.4) is 0 Å². The van der Waals surface area contributed by atoms with Gasteiger partial charge in [0.1, 0.15) is 17.5 Å². The van der Waals surface area contributed by atoms with E-state index in [1.165, 1.54) is 0 Å². The van der Waals surface area contributed by atoms with Crippen LogP contribution in [0.5, 0.6) is 0 Å². The van der Waals surface area contributed by atoms with E-state index in [0.717, 1.165) is 19.3 Å². The van der Waals surface area contributed by atoms with Crippen LogP contribution in [0.15, 0.2) is 27.9 Å². The Kier molecular flexibility index (Phi) is 10.3. The molecule has 0 saturated carbocycles. The lowest BCUT2D eigenvalue weighted by atomic mass is 10.1. The van der Waals surface area contributed by atoms with Gasteiger partial charge in [-0.05, 0) is 25.7 Å². The molecule has 1 aliphatic heterocycles. The van der Waals surface area contributed by atoms with Gasteiger partial charge in [0.15, 0.2) is 0 Å². The Morgan fingerprint density at radius 1 is 1.07 bits per heavy atom. The van der Waals surface area contributed by atoms with E-state index in [2.05, 4.69) is 6.92 Å². The van der Waals surface area contributed by atoms with Crippen LogP contribution in [-0.2, 0) is 11.2 Å². The van der Waals surface area contributed by atoms with E-state index in [0.29, 0.717) is 24.4 Å². The van der Waals surface area contributed by atoms with Gasteiger partial charge >= 0.3 is 5.69 Å². The molecular formula is C19H26F4N2O4. The molecule has 29 heavy (non-hydrogen) atoms. The highest BCUT2D eigenvalue weighted by molar-refractivity contribution is 5.20. The van der Waals surface area contributed by atoms with Crippen LogP contribution in [0.4, 0.5) is 17.6 Å². The topological polar surface area (TPSA) is 95.2 Å². The molecule has 1 aliphatic rings. The Morgan fingerprint density at radius 3 is 2.03 bits per heavy atom. The van der Waals surface area contributed by atoms with Crippen LogP contribution >= 0.6 is 0 Å². The van der Waals surface area contributed by atoms with Crippen molar-refractivity contribution >= 4 is 0 Å². The summed E-state index contributed by atoms with van der Waals surface area (Å²) in [7, 11) is 0. The van der Waals surface area contributed by atoms with Gasteiger partial charge in [0, 0.05) is 25.3 Å². The lowest BCUT2D eigenvalue weighted by Gasteiger charge is -2.08. The average Bonchev–Trinajstić information content (AvgIpc) is 3.14. The third-order valence-corrected chi connectivity index (χ3v) is 4.09. The van der Waals surface area contributed by atoms with Crippen LogP contribution in [0.25, 0.3) is 0 Å². The number of ether oxygens (including phenoxy) is 1. The first-order valence-corrected chi connectivity index (χ1v) is 9.08. The minimum atomic E-state index is -1.00. The van der Waals surface area contributed by atoms with Crippen LogP contribution in [0.1, 0.15) is 40.1 Å². The van der Waals surface area contributed by atoms with Crippen molar-refractivity contribution in [2.75, 3.05) is 6.61 Å². The maximum absolute atomic E-state index is 12.6. The van der Waals surface area contributed by atoms with E-state index in [1.807, 2.05) is 4.98 Å². The van der Waals surface area contributed by atoms with Crippen LogP contribution < -0.4 is 11.2 Å². The molecule has 1 aromatic carbocycles. The molecule has 164 valence electrons. The number of hydrogen-bond donors (Lipinski definition) is 3. The van der Waals surface area contributed by atoms with Crippen molar-refractivity contribution in [1.29, 1.82) is 0 Å². The van der Waals surface area contributed by atoms with Crippen molar-refractivity contribution in [3.8, 4) is 0 Å². The van der Waals surface area contributed by atoms with Gasteiger partial charge in [-0.25, -0.2) is 18.0 Å². The quantitative estimate of drug-likeness (QED) is 0.663. The Bertz CT molecular complexity index is 858. The SMILES string of the molecule is CCC1CC[C@@H](CO)O1.CCc1c(F)cc(F)cc1F.O=c1[nH]cc(F)c(=O)[nH]1.[HH]. The number of benzene rings is 1. The number of nitrogens with one attached hydrogen (secondary N) is 2. The second-order valence-corrected chi connectivity index (χ2v) is 6.17. The molecule has 1 fully saturated rings. The Morgan fingerprint density at radius 2 is 1.66 bits per heavy atom. The summed E-state index contributed by atoms with van der Waals surface area (Å²) >= 11 is 0. The van der Waals surface area contributed by atoms with Gasteiger partial charge in [-0.1, -0.05) is 13.8 Å². The maximum Gasteiger partial charge on any atom is 0.325 e. The first-order chi connectivity index (χ1) is 13.7. The summed E-state index contributed by atoms with van der Waals surface area (Å²) < 4.78 is 54.9. The fourth-order valence-corrected chi connectivity index (χ4v) is 2.52. The predicted octanol–water partition coefficient (Wildman–Crippen LogP) is 3.05. The Hall–Kier alpha value is -2.46. The molecule has 6 nitrogen and oxygen atoms in total. The minimum absolute atomic E-state index is 0. The highest BCUT2D eigenvalue weighted by atomic mass is 19.1. The molecule has 2 heterocycles. The minimum Gasteiger partial charge on any atom is -0.394 e. The van der Waals surface area contributed by atoms with Crippen LogP contribution in [0, 0.1) is 23.3 Å². The zero-order chi connectivity index (χ0) is 22.0. The van der Waals surface area contributed by atoms with Crippen molar-refractivity contribution in [3.05, 3.63) is 68.0 Å². The monoisotopic (exact) mass is 422 g/mol. The molecule has 0 amide bonds. The fraction of sp³-hybridized carbons (Fsp3) is 0.474. The van der Waals surface area contributed by atoms with Crippen molar-refractivity contribution in [2.24, 2.45) is 0 Å². The van der Waals surface area contributed by atoms with Crippen molar-refractivity contribution in [2.45, 2.75) is 51.7 Å². The molecule has 0 bridgehead atoms. The molecule has 3 N–H and O–H groups in total. The molecular weight excluding hydrogens is 396 g/mol. The summed E-state index contributed by atoms with van der Waals surface area (Å²) in [6.07, 6.45) is 4.74. The fourth-order valence-electron chi connectivity index (χ4n) is 2.52. The molecule has 2 aromatic rings. The van der Waals surface area contributed by atoms with E-state index in [1.54, 1.807) is 11.9 Å². The van der Waals surface area contributed by atoms with Gasteiger partial charge in [0.25, 0.3) is 5.56 Å². The van der Waals surface area contributed by atoms with E-state index >= 15 is 0 Å². The first-order valence-electron chi connectivity index (χ1n) is 9.08. The summed E-state index contributed by atoms with van der Waals surface area (Å²) in [4.78, 5) is 24.0. The van der Waals surface area contributed by atoms with E-state index < -0.39 is 34.5 Å². The number of hydrogen-bond acceptors (Lipinski definition) is 4. The first kappa shape index (κ1) is 24.6. The van der Waals surface area contributed by atoms with Crippen molar-refractivity contribution in [3.63, 3.8) is 0 Å². The van der Waals surface area contributed by atoms with Gasteiger partial charge in [-0.3, -0.25) is 9.78 Å². The smallest absolute Gasteiger partial charge is 0.325 e. The number of aliphatic hydroxyl groups excluding tert-OH is 1. The number of aromatic nitrogens is 2. The van der Waals surface area contributed by atoms with Crippen LogP contribution in [-0.4, -0.2) is 33.9 Å². The number of aromatic amines is 2. The summed E-state index contributed by atoms with van der Waals surface area (Å²) in [5.41, 5.74) is -1.77. The Labute approximate surface area is 166 Å². The second kappa shape index (κ2) is 12.2. The summed E-state index contributed by atoms with van der Waals surface area (Å²) in [6, 6.07) is 1.36. The second-order valence-electron chi connectivity index (χ2n) is 6.17. The largest absolute Gasteiger partial charge is 0.394 e. The molecule has 1 saturated heterocycles. The molecule has 0 aliphatic carbocycles. The highest BCUT2D eigenvalue weighted by Gasteiger charge is 2.22. The standard InChI is InChI=1S/C8H7F3.C7H14O2.C4H3FN2O2.H2/c1-2-6-7(10)3-5(9)4-8(6)11;1-2-6-3-4-7(5-8)9-6;5-2-1-6-4(9)7-3(2)8;/h3-4H,2H2,1H3;6-8H,2-5H2,1H3;1H,(H2,6,7,8,9);1H/t;6?,7-;;/m.0../s1. The van der Waals surface area contributed by atoms with E-state index in [9.17, 15) is 27.2 Å². The zero-order valence-electron chi connectivity index (χ0n) is 16.1. The number of rotatable bonds is 3. The molecule has 0 radical (unpaired) electrons. The lowest BCUT2D eigenvalue weighted by Crippen LogP contribution is -2.23. The lowest BCUT2D eigenvalue weighted by molar-refractivity contribution is 0.0106. The molecule has 10 heteroatoms. The average molecular weight is 422 g/mol. The summed E-state index contributed by atoms with van der Waals surface area (Å²) in [6.45, 7) is 3.92. The number of H-pyrrole nitrogens is 2. The molecule has 2 atom stereocenters. The molecule has 1 aromatic heterocycles. The van der Waals surface area contributed by atoms with Gasteiger partial charge in [-0.15, -0.1) is 0 Å². The van der Waals surface area contributed by atoms with Crippen LogP contribution in [0.2, 0.25) is 0 Å². The number of aliphatic hydroxyl groups is 1. The normalized spacial score (nSPS) is 17.8. The molecule has 3 rings (SSSR count). The third kappa shape index (κ3) is 8.20. The van der Waals surface area contributed by atoms with E-state index in [4.69, 9.17) is 9.84 Å². The van der Waals surface area contributed by atoms with Gasteiger partial charge in [0.2, 0.25) is 5.82 Å². The molecule has 1 unspecified atom stereocenters. The molecule has 0 spiro atoms. The van der Waals surface area contributed by atoms with Gasteiger partial charge < -0.3 is 14.8 Å². The van der Waals surface area contributed by atoms with Gasteiger partial charge in [0.05, 0.1) is 18.8 Å². The zero-order valence-corrected chi connectivity index (χ0v) is 16.1. The maximum atomic E-state index is 12.6. The third-order valence-electron chi connectivity index (χ3n) is 4.09. The van der Waals surface area contributed by atoms with Gasteiger partial charge in [-0.2, -0.15) is 4.39 Å². The number of halogens is 4. The predicted molar refractivity (Wildman–Crippen MR) is 101 cm³/mol. The Balaban J connectivity index is 0.000000416. The van der Waals surface area contributed by atoms with E-state index in [-0.39, 0.29) is 26.1 Å². The summed E-state index contributed by atoms with van der Waals surface area (Å²) in [5, 5.41) is 8.65. The van der Waals surface area contributed by atoms with Crippen molar-refractivity contribution < 1.29 is 28.8 Å². The highest BCUT2D eigenvalue weighted by Crippen LogP contribution is 2.20. The van der Waals surface area contributed by atoms with Crippen molar-refractivity contribution in [1.82, 2.24) is 9.97 Å². The summed E-state index contributed by atoms with van der Waals surface area (Å²) in [5.74, 6) is -3.50.